The second-order valence-corrected chi connectivity index (χ2v) is 6.81. The fourth-order valence-corrected chi connectivity index (χ4v) is 4.00. The van der Waals surface area contributed by atoms with Crippen LogP contribution in [0.3, 0.4) is 0 Å². The Morgan fingerprint density at radius 2 is 1.52 bits per heavy atom. The fourth-order valence-electron chi connectivity index (χ4n) is 4.00. The van der Waals surface area contributed by atoms with Crippen LogP contribution in [0.4, 0.5) is 0 Å². The van der Waals surface area contributed by atoms with E-state index in [1.165, 1.54) is 33.4 Å². The molecule has 0 bridgehead atoms. The number of aryl methyl sites for hydroxylation is 3. The molecule has 0 fully saturated rings. The minimum atomic E-state index is 0.208. The molecule has 1 aliphatic heterocycles. The summed E-state index contributed by atoms with van der Waals surface area (Å²) in [6, 6.07) is 9.11. The highest BCUT2D eigenvalue weighted by Gasteiger charge is 2.26. The molecule has 0 amide bonds. The largest absolute Gasteiger partial charge is 0.490 e. The molecule has 0 saturated heterocycles. The van der Waals surface area contributed by atoms with Crippen LogP contribution in [-0.4, -0.2) is 19.8 Å². The Bertz CT molecular complexity index is 744. The molecule has 0 radical (unpaired) electrons. The molecule has 1 atom stereocenters. The zero-order chi connectivity index (χ0) is 18.0. The Labute approximate surface area is 151 Å². The first-order valence-corrected chi connectivity index (χ1v) is 9.28. The van der Waals surface area contributed by atoms with Gasteiger partial charge in [0.2, 0.25) is 0 Å². The molecule has 3 rings (SSSR count). The molecule has 0 spiro atoms. The van der Waals surface area contributed by atoms with Gasteiger partial charge in [-0.05, 0) is 81.0 Å². The summed E-state index contributed by atoms with van der Waals surface area (Å²) in [5.74, 6) is 1.71. The van der Waals surface area contributed by atoms with Gasteiger partial charge in [0.05, 0.1) is 19.3 Å². The molecule has 0 saturated carbocycles. The summed E-state index contributed by atoms with van der Waals surface area (Å²) in [5, 5.41) is 3.72. The van der Waals surface area contributed by atoms with E-state index in [1.807, 2.05) is 13.8 Å². The summed E-state index contributed by atoms with van der Waals surface area (Å²) in [5.41, 5.74) is 8.06. The van der Waals surface area contributed by atoms with Gasteiger partial charge in [-0.1, -0.05) is 17.7 Å². The van der Waals surface area contributed by atoms with E-state index in [0.717, 1.165) is 24.5 Å². The Balaban J connectivity index is 2.11. The molecule has 1 heterocycles. The lowest BCUT2D eigenvalue weighted by Crippen LogP contribution is -2.31. The van der Waals surface area contributed by atoms with E-state index in [1.54, 1.807) is 0 Å². The molecule has 1 aliphatic rings. The molecular weight excluding hydrogens is 310 g/mol. The molecule has 25 heavy (non-hydrogen) atoms. The normalized spacial score (nSPS) is 16.4. The van der Waals surface area contributed by atoms with E-state index >= 15 is 0 Å². The molecule has 3 nitrogen and oxygen atoms in total. The van der Waals surface area contributed by atoms with E-state index in [4.69, 9.17) is 9.47 Å². The van der Waals surface area contributed by atoms with Gasteiger partial charge < -0.3 is 14.8 Å². The summed E-state index contributed by atoms with van der Waals surface area (Å²) in [7, 11) is 0. The van der Waals surface area contributed by atoms with Gasteiger partial charge in [-0.25, -0.2) is 0 Å². The topological polar surface area (TPSA) is 30.5 Å². The number of fused-ring (bicyclic) bond motifs is 1. The van der Waals surface area contributed by atoms with Crippen LogP contribution in [0.1, 0.15) is 53.3 Å². The Morgan fingerprint density at radius 1 is 0.920 bits per heavy atom. The summed E-state index contributed by atoms with van der Waals surface area (Å²) in [6.07, 6.45) is 1.02. The highest BCUT2D eigenvalue weighted by atomic mass is 16.5. The van der Waals surface area contributed by atoms with Crippen LogP contribution >= 0.6 is 0 Å². The van der Waals surface area contributed by atoms with Gasteiger partial charge >= 0.3 is 0 Å². The number of hydrogen-bond acceptors (Lipinski definition) is 3. The first kappa shape index (κ1) is 17.8. The quantitative estimate of drug-likeness (QED) is 0.860. The van der Waals surface area contributed by atoms with E-state index < -0.39 is 0 Å². The van der Waals surface area contributed by atoms with Crippen molar-refractivity contribution >= 4 is 0 Å². The fraction of sp³-hybridized carbons (Fsp3) is 0.455. The minimum Gasteiger partial charge on any atom is -0.490 e. The number of nitrogens with one attached hydrogen (secondary N) is 1. The van der Waals surface area contributed by atoms with Crippen molar-refractivity contribution in [3.63, 3.8) is 0 Å². The highest BCUT2D eigenvalue weighted by molar-refractivity contribution is 5.54. The lowest BCUT2D eigenvalue weighted by Gasteiger charge is -2.31. The van der Waals surface area contributed by atoms with Crippen LogP contribution in [0.2, 0.25) is 0 Å². The highest BCUT2D eigenvalue weighted by Crippen LogP contribution is 2.39. The van der Waals surface area contributed by atoms with Crippen LogP contribution in [-0.2, 0) is 6.42 Å². The van der Waals surface area contributed by atoms with Crippen LogP contribution in [0, 0.1) is 20.8 Å². The molecule has 134 valence electrons. The van der Waals surface area contributed by atoms with Gasteiger partial charge in [0.1, 0.15) is 0 Å². The second-order valence-electron chi connectivity index (χ2n) is 6.81. The lowest BCUT2D eigenvalue weighted by atomic mass is 9.85. The standard InChI is InChI=1S/C22H29NO2/c1-6-24-19-12-17-8-9-23-22(18(17)13-20(19)25-7-2)21-15(4)10-14(3)11-16(21)5/h10-13,22-23H,6-9H2,1-5H3. The van der Waals surface area contributed by atoms with Crippen molar-refractivity contribution < 1.29 is 9.47 Å². The third-order valence-electron chi connectivity index (χ3n) is 4.89. The van der Waals surface area contributed by atoms with Gasteiger partial charge in [0, 0.05) is 6.54 Å². The molecule has 1 N–H and O–H groups in total. The molecule has 2 aromatic carbocycles. The monoisotopic (exact) mass is 339 g/mol. The van der Waals surface area contributed by atoms with Crippen molar-refractivity contribution in [2.45, 2.75) is 47.1 Å². The van der Waals surface area contributed by atoms with E-state index in [0.29, 0.717) is 13.2 Å². The molecule has 2 aromatic rings. The van der Waals surface area contributed by atoms with Gasteiger partial charge in [-0.3, -0.25) is 0 Å². The van der Waals surface area contributed by atoms with Gasteiger partial charge in [-0.15, -0.1) is 0 Å². The van der Waals surface area contributed by atoms with E-state index in [-0.39, 0.29) is 6.04 Å². The molecule has 1 unspecified atom stereocenters. The summed E-state index contributed by atoms with van der Waals surface area (Å²) in [4.78, 5) is 0. The minimum absolute atomic E-state index is 0.208. The molecule has 0 aliphatic carbocycles. The zero-order valence-corrected chi connectivity index (χ0v) is 16.0. The van der Waals surface area contributed by atoms with Crippen molar-refractivity contribution in [3.8, 4) is 11.5 Å². The number of ether oxygens (including phenoxy) is 2. The Hall–Kier alpha value is -2.00. The average Bonchev–Trinajstić information content (AvgIpc) is 2.55. The van der Waals surface area contributed by atoms with Crippen LogP contribution in [0.25, 0.3) is 0 Å². The smallest absolute Gasteiger partial charge is 0.161 e. The van der Waals surface area contributed by atoms with Gasteiger partial charge in [0.15, 0.2) is 11.5 Å². The Morgan fingerprint density at radius 3 is 2.12 bits per heavy atom. The van der Waals surface area contributed by atoms with Crippen LogP contribution in [0.5, 0.6) is 11.5 Å². The third-order valence-corrected chi connectivity index (χ3v) is 4.89. The summed E-state index contributed by atoms with van der Waals surface area (Å²) >= 11 is 0. The van der Waals surface area contributed by atoms with Crippen LogP contribution in [0.15, 0.2) is 24.3 Å². The molecule has 3 heteroatoms. The first-order chi connectivity index (χ1) is 12.0. The Kier molecular flexibility index (Phi) is 5.33. The summed E-state index contributed by atoms with van der Waals surface area (Å²) < 4.78 is 11.7. The van der Waals surface area contributed by atoms with Crippen molar-refractivity contribution in [1.82, 2.24) is 5.32 Å². The molecular formula is C22H29NO2. The molecule has 0 aromatic heterocycles. The van der Waals surface area contributed by atoms with Crippen LogP contribution < -0.4 is 14.8 Å². The maximum Gasteiger partial charge on any atom is 0.161 e. The van der Waals surface area contributed by atoms with Crippen molar-refractivity contribution in [2.75, 3.05) is 19.8 Å². The number of rotatable bonds is 5. The second kappa shape index (κ2) is 7.49. The predicted molar refractivity (Wildman–Crippen MR) is 103 cm³/mol. The van der Waals surface area contributed by atoms with Gasteiger partial charge in [-0.2, -0.15) is 0 Å². The van der Waals surface area contributed by atoms with Crippen molar-refractivity contribution in [3.05, 3.63) is 57.6 Å². The summed E-state index contributed by atoms with van der Waals surface area (Å²) in [6.45, 7) is 12.9. The SMILES string of the molecule is CCOc1cc2c(cc1OCC)C(c1c(C)cc(C)cc1C)NCC2. The van der Waals surface area contributed by atoms with E-state index in [2.05, 4.69) is 50.4 Å². The number of benzene rings is 2. The predicted octanol–water partition coefficient (Wildman–Crippen LogP) is 4.64. The first-order valence-electron chi connectivity index (χ1n) is 9.28. The maximum atomic E-state index is 5.87. The lowest BCUT2D eigenvalue weighted by molar-refractivity contribution is 0.286. The number of hydrogen-bond donors (Lipinski definition) is 1. The van der Waals surface area contributed by atoms with Crippen molar-refractivity contribution in [2.24, 2.45) is 0 Å². The average molecular weight is 339 g/mol. The van der Waals surface area contributed by atoms with E-state index in [9.17, 15) is 0 Å². The maximum absolute atomic E-state index is 5.87. The zero-order valence-electron chi connectivity index (χ0n) is 16.0. The van der Waals surface area contributed by atoms with Crippen molar-refractivity contribution in [1.29, 1.82) is 0 Å². The van der Waals surface area contributed by atoms with Gasteiger partial charge in [0.25, 0.3) is 0 Å². The third kappa shape index (κ3) is 3.52.